The number of hydrogen-bond acceptors (Lipinski definition) is 9. The van der Waals surface area contributed by atoms with Gasteiger partial charge in [0.15, 0.2) is 0 Å². The number of aliphatic carboxylic acids is 1. The lowest BCUT2D eigenvalue weighted by Gasteiger charge is -2.36. The zero-order valence-electron chi connectivity index (χ0n) is 20.0. The molecule has 0 radical (unpaired) electrons. The molecule has 0 rings (SSSR count). The fourth-order valence-corrected chi connectivity index (χ4v) is 5.07. The molecule has 0 fully saturated rings. The zero-order valence-corrected chi connectivity index (χ0v) is 20.8. The second kappa shape index (κ2) is 16.7. The minimum Gasteiger partial charge on any atom is -0.480 e. The first-order valence-electron chi connectivity index (χ1n) is 12.1. The van der Waals surface area contributed by atoms with E-state index >= 15 is 0 Å². The lowest BCUT2D eigenvalue weighted by Crippen LogP contribution is -2.63. The molecule has 0 heterocycles. The van der Waals surface area contributed by atoms with Gasteiger partial charge in [-0.25, -0.2) is 0 Å². The Morgan fingerprint density at radius 3 is 1.50 bits per heavy atom. The van der Waals surface area contributed by atoms with E-state index in [1.54, 1.807) is 0 Å². The highest BCUT2D eigenvalue weighted by atomic mass is 32.2. The summed E-state index contributed by atoms with van der Waals surface area (Å²) >= 11 is 0. The summed E-state index contributed by atoms with van der Waals surface area (Å²) in [5.41, 5.74) is 0. The van der Waals surface area contributed by atoms with Crippen LogP contribution in [0.5, 0.6) is 0 Å². The van der Waals surface area contributed by atoms with Gasteiger partial charge in [0.1, 0.15) is 30.5 Å². The van der Waals surface area contributed by atoms with Crippen molar-refractivity contribution in [2.45, 2.75) is 126 Å². The van der Waals surface area contributed by atoms with Crippen LogP contribution < -0.4 is 0 Å². The number of aliphatic hydroxyl groups excluding tert-OH is 6. The molecule has 0 aliphatic heterocycles. The highest BCUT2D eigenvalue weighted by Crippen LogP contribution is 2.32. The summed E-state index contributed by atoms with van der Waals surface area (Å²) in [6, 6.07) is 0. The van der Waals surface area contributed by atoms with E-state index < -0.39 is 64.4 Å². The van der Waals surface area contributed by atoms with Crippen LogP contribution in [0.15, 0.2) is 0 Å². The third-order valence-corrected chi connectivity index (χ3v) is 7.85. The van der Waals surface area contributed by atoms with Crippen LogP contribution in [0, 0.1) is 0 Å². The fourth-order valence-electron chi connectivity index (χ4n) is 4.00. The Kier molecular flexibility index (Phi) is 16.3. The maximum atomic E-state index is 12.0. The highest BCUT2D eigenvalue weighted by molar-refractivity contribution is 7.88. The summed E-state index contributed by atoms with van der Waals surface area (Å²) < 4.78 is 30.5. The molecule has 0 amide bonds. The Hall–Kier alpha value is -0.860. The summed E-state index contributed by atoms with van der Waals surface area (Å²) in [6.45, 7) is 1.14. The molecule has 0 aromatic heterocycles. The molecule has 0 aliphatic carbocycles. The van der Waals surface area contributed by atoms with Crippen LogP contribution in [-0.4, -0.2) is 96.6 Å². The van der Waals surface area contributed by atoms with Gasteiger partial charge in [-0.15, -0.1) is 0 Å². The normalized spacial score (nSPS) is 18.6. The molecule has 6 atom stereocenters. The van der Waals surface area contributed by atoms with Crippen molar-refractivity contribution in [3.8, 4) is 0 Å². The van der Waals surface area contributed by atoms with Crippen molar-refractivity contribution in [1.82, 2.24) is 0 Å². The minimum atomic E-state index is -5.48. The molecule has 204 valence electrons. The van der Waals surface area contributed by atoms with Gasteiger partial charge in [-0.3, -0.25) is 9.35 Å². The molecule has 11 nitrogen and oxygen atoms in total. The summed E-state index contributed by atoms with van der Waals surface area (Å²) in [4.78, 5) is 11.9. The summed E-state index contributed by atoms with van der Waals surface area (Å²) in [5.74, 6) is -2.13. The monoisotopic (exact) mass is 516 g/mol. The van der Waals surface area contributed by atoms with Crippen LogP contribution >= 0.6 is 0 Å². The van der Waals surface area contributed by atoms with E-state index in [1.165, 1.54) is 32.1 Å². The number of hydrogen-bond donors (Lipinski definition) is 8. The molecule has 0 aromatic carbocycles. The average Bonchev–Trinajstić information content (AvgIpc) is 2.78. The van der Waals surface area contributed by atoms with Gasteiger partial charge in [-0.05, 0) is 6.42 Å². The van der Waals surface area contributed by atoms with Crippen LogP contribution in [-0.2, 0) is 14.9 Å². The van der Waals surface area contributed by atoms with Crippen molar-refractivity contribution in [1.29, 1.82) is 0 Å². The molecule has 0 aliphatic rings. The third kappa shape index (κ3) is 10.0. The summed E-state index contributed by atoms with van der Waals surface area (Å²) in [6.07, 6.45) is -1.38. The van der Waals surface area contributed by atoms with Crippen LogP contribution in [0.25, 0.3) is 0 Å². The standard InChI is InChI=1S/C22H44O11S/c1-2-3-4-5-6-7-8-9-10-11-12-13-14-22(21(29)30,34(31,32)33)20(28)19(27)18(26)17(25)16(24)15-23/h16-20,23-28H,2-15H2,1H3,(H,29,30)(H,31,32,33)/t16-,17+,18+,19+,20?,22?/m0/s1. The van der Waals surface area contributed by atoms with Crippen LogP contribution in [0.3, 0.4) is 0 Å². The van der Waals surface area contributed by atoms with Crippen molar-refractivity contribution < 1.29 is 53.5 Å². The van der Waals surface area contributed by atoms with Gasteiger partial charge < -0.3 is 35.7 Å². The Morgan fingerprint density at radius 2 is 1.15 bits per heavy atom. The first-order valence-corrected chi connectivity index (χ1v) is 13.5. The molecule has 0 aromatic rings. The van der Waals surface area contributed by atoms with Gasteiger partial charge >= 0.3 is 5.97 Å². The van der Waals surface area contributed by atoms with Gasteiger partial charge in [-0.1, -0.05) is 84.0 Å². The predicted molar refractivity (Wildman–Crippen MR) is 125 cm³/mol. The average molecular weight is 517 g/mol. The van der Waals surface area contributed by atoms with E-state index in [-0.39, 0.29) is 6.42 Å². The van der Waals surface area contributed by atoms with E-state index in [0.717, 1.165) is 25.7 Å². The van der Waals surface area contributed by atoms with Gasteiger partial charge in [0.05, 0.1) is 6.61 Å². The Balaban J connectivity index is 4.91. The van der Waals surface area contributed by atoms with E-state index in [1.807, 2.05) is 0 Å². The number of rotatable bonds is 21. The fraction of sp³-hybridized carbons (Fsp3) is 0.955. The summed E-state index contributed by atoms with van der Waals surface area (Å²) in [5, 5.41) is 68.0. The third-order valence-electron chi connectivity index (χ3n) is 6.31. The maximum Gasteiger partial charge on any atom is 0.330 e. The highest BCUT2D eigenvalue weighted by Gasteiger charge is 2.59. The molecule has 0 bridgehead atoms. The smallest absolute Gasteiger partial charge is 0.330 e. The van der Waals surface area contributed by atoms with E-state index in [4.69, 9.17) is 5.11 Å². The quantitative estimate of drug-likeness (QED) is 0.0780. The molecular weight excluding hydrogens is 472 g/mol. The number of carbonyl (C=O) groups is 1. The van der Waals surface area contributed by atoms with E-state index in [0.29, 0.717) is 12.8 Å². The maximum absolute atomic E-state index is 12.0. The van der Waals surface area contributed by atoms with Crippen molar-refractivity contribution in [2.24, 2.45) is 0 Å². The number of aliphatic hydroxyl groups is 6. The Labute approximate surface area is 202 Å². The van der Waals surface area contributed by atoms with Gasteiger partial charge in [0, 0.05) is 0 Å². The predicted octanol–water partition coefficient (Wildman–Crippen LogP) is 0.586. The van der Waals surface area contributed by atoms with E-state index in [9.17, 15) is 48.4 Å². The summed E-state index contributed by atoms with van der Waals surface area (Å²) in [7, 11) is -5.48. The number of carboxylic acids is 1. The first kappa shape index (κ1) is 33.1. The van der Waals surface area contributed by atoms with Crippen molar-refractivity contribution in [3.63, 3.8) is 0 Å². The van der Waals surface area contributed by atoms with Gasteiger partial charge in [-0.2, -0.15) is 8.42 Å². The SMILES string of the molecule is CCCCCCCCCCCCCCC(C(=O)O)(C(O)[C@H](O)[C@H](O)[C@H](O)[C@@H](O)CO)S(=O)(=O)O. The lowest BCUT2D eigenvalue weighted by atomic mass is 9.87. The zero-order chi connectivity index (χ0) is 26.4. The number of carboxylic acid groups (broad SMARTS) is 1. The molecule has 8 N–H and O–H groups in total. The molecule has 34 heavy (non-hydrogen) atoms. The molecule has 2 unspecified atom stereocenters. The molecule has 0 spiro atoms. The van der Waals surface area contributed by atoms with Crippen molar-refractivity contribution in [3.05, 3.63) is 0 Å². The molecular formula is C22H44O11S. The topological polar surface area (TPSA) is 213 Å². The second-order valence-electron chi connectivity index (χ2n) is 8.98. The lowest BCUT2D eigenvalue weighted by molar-refractivity contribution is -0.162. The Bertz CT molecular complexity index is 657. The second-order valence-corrected chi connectivity index (χ2v) is 10.7. The molecule has 0 saturated heterocycles. The molecule has 12 heteroatoms. The number of unbranched alkanes of at least 4 members (excludes halogenated alkanes) is 11. The largest absolute Gasteiger partial charge is 0.480 e. The molecule has 0 saturated carbocycles. The van der Waals surface area contributed by atoms with Gasteiger partial charge in [0.2, 0.25) is 4.75 Å². The van der Waals surface area contributed by atoms with E-state index in [2.05, 4.69) is 6.92 Å². The van der Waals surface area contributed by atoms with Crippen LogP contribution in [0.4, 0.5) is 0 Å². The Morgan fingerprint density at radius 1 is 0.735 bits per heavy atom. The minimum absolute atomic E-state index is 0.00913. The van der Waals surface area contributed by atoms with Crippen LogP contribution in [0.1, 0.15) is 90.4 Å². The first-order chi connectivity index (χ1) is 15.9. The van der Waals surface area contributed by atoms with Crippen LogP contribution in [0.2, 0.25) is 0 Å². The van der Waals surface area contributed by atoms with Crippen molar-refractivity contribution >= 4 is 16.1 Å². The van der Waals surface area contributed by atoms with Crippen molar-refractivity contribution in [2.75, 3.05) is 6.61 Å². The van der Waals surface area contributed by atoms with Gasteiger partial charge in [0.25, 0.3) is 10.1 Å².